The molecule has 0 fully saturated rings. The molecule has 3 heteroatoms. The maximum absolute atomic E-state index is 6.44. The van der Waals surface area contributed by atoms with E-state index in [1.54, 1.807) is 0 Å². The number of para-hydroxylation sites is 1. The van der Waals surface area contributed by atoms with E-state index in [1.807, 2.05) is 17.4 Å². The Bertz CT molecular complexity index is 3210. The molecule has 0 bridgehead atoms. The molecule has 0 spiro atoms. The molecule has 0 aliphatic heterocycles. The third-order valence-corrected chi connectivity index (χ3v) is 12.1. The second-order valence-corrected chi connectivity index (χ2v) is 15.1. The lowest BCUT2D eigenvalue weighted by molar-refractivity contribution is 0.669. The van der Waals surface area contributed by atoms with Crippen LogP contribution in [-0.2, 0) is 0 Å². The van der Waals surface area contributed by atoms with Gasteiger partial charge in [-0.3, -0.25) is 0 Å². The van der Waals surface area contributed by atoms with Crippen LogP contribution in [0.1, 0.15) is 0 Å². The number of benzene rings is 9. The topological polar surface area (TPSA) is 16.4 Å². The van der Waals surface area contributed by atoms with Crippen molar-refractivity contribution in [2.24, 2.45) is 0 Å². The fraction of sp³-hybridized carbons (Fsp3) is 0. The maximum atomic E-state index is 6.44. The van der Waals surface area contributed by atoms with Gasteiger partial charge in [-0.2, -0.15) is 0 Å². The van der Waals surface area contributed by atoms with Gasteiger partial charge in [-0.1, -0.05) is 146 Å². The van der Waals surface area contributed by atoms with Gasteiger partial charge in [0.15, 0.2) is 0 Å². The van der Waals surface area contributed by atoms with Gasteiger partial charge >= 0.3 is 0 Å². The zero-order valence-electron chi connectivity index (χ0n) is 29.8. The van der Waals surface area contributed by atoms with Gasteiger partial charge in [-0.25, -0.2) is 0 Å². The number of anilines is 3. The number of nitrogens with zero attached hydrogens (tertiary/aromatic N) is 1. The first-order valence-electron chi connectivity index (χ1n) is 18.7. The van der Waals surface area contributed by atoms with Crippen molar-refractivity contribution < 1.29 is 4.42 Å². The number of fused-ring (bicyclic) bond motifs is 7. The molecule has 2 nitrogen and oxygen atoms in total. The Hall–Kier alpha value is -6.94. The molecule has 0 aliphatic carbocycles. The number of rotatable bonds is 6. The van der Waals surface area contributed by atoms with Crippen molar-refractivity contribution in [2.75, 3.05) is 4.90 Å². The Labute approximate surface area is 322 Å². The highest BCUT2D eigenvalue weighted by Crippen LogP contribution is 2.47. The molecule has 55 heavy (non-hydrogen) atoms. The van der Waals surface area contributed by atoms with Gasteiger partial charge in [0.25, 0.3) is 0 Å². The van der Waals surface area contributed by atoms with Crippen molar-refractivity contribution in [1.82, 2.24) is 0 Å². The Balaban J connectivity index is 1.13. The van der Waals surface area contributed by atoms with Gasteiger partial charge in [-0.15, -0.1) is 11.3 Å². The predicted octanol–water partition coefficient (Wildman–Crippen LogP) is 15.6. The summed E-state index contributed by atoms with van der Waals surface area (Å²) < 4.78 is 9.05. The molecule has 0 saturated heterocycles. The quantitative estimate of drug-likeness (QED) is 0.170. The highest BCUT2D eigenvalue weighted by atomic mass is 32.1. The smallest absolute Gasteiger partial charge is 0.137 e. The zero-order valence-corrected chi connectivity index (χ0v) is 30.6. The molecule has 0 unspecified atom stereocenters. The summed E-state index contributed by atoms with van der Waals surface area (Å²) in [4.78, 5) is 2.39. The first kappa shape index (κ1) is 31.6. The molecule has 0 radical (unpaired) electrons. The Morgan fingerprint density at radius 1 is 0.382 bits per heavy atom. The molecule has 11 rings (SSSR count). The summed E-state index contributed by atoms with van der Waals surface area (Å²) in [6.45, 7) is 0. The minimum atomic E-state index is 0.868. The van der Waals surface area contributed by atoms with Crippen molar-refractivity contribution in [2.45, 2.75) is 0 Å². The molecule has 2 aromatic heterocycles. The Morgan fingerprint density at radius 2 is 1.07 bits per heavy atom. The van der Waals surface area contributed by atoms with Crippen LogP contribution in [0, 0.1) is 0 Å². The van der Waals surface area contributed by atoms with Crippen LogP contribution in [0.25, 0.3) is 86.3 Å². The van der Waals surface area contributed by atoms with E-state index in [-0.39, 0.29) is 0 Å². The van der Waals surface area contributed by atoms with Crippen LogP contribution in [-0.4, -0.2) is 0 Å². The second kappa shape index (κ2) is 12.9. The van der Waals surface area contributed by atoms with Gasteiger partial charge in [0.05, 0.1) is 11.1 Å². The minimum absolute atomic E-state index is 0.868. The highest BCUT2D eigenvalue weighted by Gasteiger charge is 2.22. The highest BCUT2D eigenvalue weighted by molar-refractivity contribution is 7.26. The van der Waals surface area contributed by atoms with E-state index in [1.165, 1.54) is 64.3 Å². The summed E-state index contributed by atoms with van der Waals surface area (Å²) in [7, 11) is 0. The van der Waals surface area contributed by atoms with Gasteiger partial charge < -0.3 is 9.32 Å². The summed E-state index contributed by atoms with van der Waals surface area (Å²) >= 11 is 1.87. The van der Waals surface area contributed by atoms with E-state index in [0.29, 0.717) is 0 Å². The van der Waals surface area contributed by atoms with Crippen molar-refractivity contribution in [3.8, 4) is 33.4 Å². The summed E-state index contributed by atoms with van der Waals surface area (Å²) in [5.41, 5.74) is 12.2. The number of hydrogen-bond donors (Lipinski definition) is 0. The Kier molecular flexibility index (Phi) is 7.39. The maximum Gasteiger partial charge on any atom is 0.137 e. The lowest BCUT2D eigenvalue weighted by atomic mass is 9.92. The van der Waals surface area contributed by atoms with Gasteiger partial charge in [-0.05, 0) is 93.2 Å². The molecule has 0 amide bonds. The summed E-state index contributed by atoms with van der Waals surface area (Å²) in [5.74, 6) is 0. The Morgan fingerprint density at radius 3 is 1.96 bits per heavy atom. The summed E-state index contributed by atoms with van der Waals surface area (Å²) in [6, 6.07) is 72.2. The van der Waals surface area contributed by atoms with Crippen LogP contribution >= 0.6 is 11.3 Å². The van der Waals surface area contributed by atoms with Gasteiger partial charge in [0.2, 0.25) is 0 Å². The second-order valence-electron chi connectivity index (χ2n) is 14.1. The SMILES string of the molecule is c1ccc(-c2cc(N(c3ccc(-c4ccc5ccccc5c4)cc3)c3cccc4oc5ccccc5c34)ccc2-c2cccc3c2sc2ccccc23)cc1. The van der Waals surface area contributed by atoms with Gasteiger partial charge in [0, 0.05) is 42.5 Å². The summed E-state index contributed by atoms with van der Waals surface area (Å²) in [6.07, 6.45) is 0. The predicted molar refractivity (Wildman–Crippen MR) is 235 cm³/mol. The van der Waals surface area contributed by atoms with Crippen LogP contribution in [0.4, 0.5) is 17.1 Å². The first-order chi connectivity index (χ1) is 27.3. The average Bonchev–Trinajstić information content (AvgIpc) is 3.83. The van der Waals surface area contributed by atoms with Gasteiger partial charge in [0.1, 0.15) is 11.2 Å². The lowest BCUT2D eigenvalue weighted by Crippen LogP contribution is -2.10. The molecule has 258 valence electrons. The normalized spacial score (nSPS) is 11.6. The summed E-state index contributed by atoms with van der Waals surface area (Å²) in [5, 5.41) is 7.29. The number of thiophene rings is 1. The third-order valence-electron chi connectivity index (χ3n) is 10.9. The molecule has 0 atom stereocenters. The van der Waals surface area contributed by atoms with Crippen LogP contribution in [0.2, 0.25) is 0 Å². The molecule has 2 heterocycles. The molecule has 0 N–H and O–H groups in total. The molecule has 11 aromatic rings. The van der Waals surface area contributed by atoms with E-state index in [0.717, 1.165) is 39.0 Å². The first-order valence-corrected chi connectivity index (χ1v) is 19.5. The van der Waals surface area contributed by atoms with E-state index in [2.05, 4.69) is 199 Å². The molecular weight excluding hydrogens is 687 g/mol. The standard InChI is InChI=1S/C52H33NOS/c1-2-13-36(14-3-1)46-33-40(30-31-41(46)43-18-10-19-44-42-16-7-9-23-50(42)55-52(43)44)53(47-20-11-22-49-51(47)45-17-6-8-21-48(45)54-49)39-28-26-35(27-29-39)38-25-24-34-12-4-5-15-37(34)32-38/h1-33H. The number of hydrogen-bond acceptors (Lipinski definition) is 3. The van der Waals surface area contributed by atoms with E-state index in [4.69, 9.17) is 4.42 Å². The fourth-order valence-corrected chi connectivity index (χ4v) is 9.49. The van der Waals surface area contributed by atoms with Crippen LogP contribution in [0.3, 0.4) is 0 Å². The lowest BCUT2D eigenvalue weighted by Gasteiger charge is -2.28. The van der Waals surface area contributed by atoms with Crippen LogP contribution in [0.5, 0.6) is 0 Å². The van der Waals surface area contributed by atoms with E-state index < -0.39 is 0 Å². The van der Waals surface area contributed by atoms with Crippen molar-refractivity contribution in [1.29, 1.82) is 0 Å². The van der Waals surface area contributed by atoms with E-state index >= 15 is 0 Å². The number of furan rings is 1. The van der Waals surface area contributed by atoms with Crippen molar-refractivity contribution >= 4 is 81.3 Å². The zero-order chi connectivity index (χ0) is 36.3. The van der Waals surface area contributed by atoms with Crippen molar-refractivity contribution in [3.63, 3.8) is 0 Å². The van der Waals surface area contributed by atoms with E-state index in [9.17, 15) is 0 Å². The molecular formula is C52H33NOS. The van der Waals surface area contributed by atoms with Crippen LogP contribution in [0.15, 0.2) is 205 Å². The molecule has 9 aromatic carbocycles. The fourth-order valence-electron chi connectivity index (χ4n) is 8.26. The van der Waals surface area contributed by atoms with Crippen LogP contribution < -0.4 is 4.90 Å². The third kappa shape index (κ3) is 5.32. The monoisotopic (exact) mass is 719 g/mol. The largest absolute Gasteiger partial charge is 0.456 e. The minimum Gasteiger partial charge on any atom is -0.456 e. The molecule has 0 aliphatic rings. The average molecular weight is 720 g/mol. The van der Waals surface area contributed by atoms with Crippen molar-refractivity contribution in [3.05, 3.63) is 200 Å². The molecule has 0 saturated carbocycles.